The minimum absolute atomic E-state index is 0.345. The molecule has 1 aromatic carbocycles. The first-order valence-corrected chi connectivity index (χ1v) is 7.76. The highest BCUT2D eigenvalue weighted by molar-refractivity contribution is 5.44. The summed E-state index contributed by atoms with van der Waals surface area (Å²) in [7, 11) is 0. The summed E-state index contributed by atoms with van der Waals surface area (Å²) in [5, 5.41) is 11.4. The van der Waals surface area contributed by atoms with Gasteiger partial charge in [0.15, 0.2) is 0 Å². The summed E-state index contributed by atoms with van der Waals surface area (Å²) in [6.45, 7) is 3.40. The molecule has 0 spiro atoms. The molecule has 110 valence electrons. The van der Waals surface area contributed by atoms with Crippen LogP contribution in [0.3, 0.4) is 0 Å². The first kappa shape index (κ1) is 13.9. The van der Waals surface area contributed by atoms with Crippen LogP contribution in [0, 0.1) is 5.92 Å². The first-order valence-electron chi connectivity index (χ1n) is 7.76. The van der Waals surface area contributed by atoms with Gasteiger partial charge < -0.3 is 15.6 Å². The largest absolute Gasteiger partial charge is 0.493 e. The van der Waals surface area contributed by atoms with Crippen LogP contribution in [0.2, 0.25) is 0 Å². The van der Waals surface area contributed by atoms with E-state index in [1.165, 1.54) is 0 Å². The molecule has 1 saturated carbocycles. The summed E-state index contributed by atoms with van der Waals surface area (Å²) in [5.74, 6) is 1.61. The zero-order chi connectivity index (χ0) is 14.2. The summed E-state index contributed by atoms with van der Waals surface area (Å²) in [5.41, 5.74) is 6.26. The number of benzene rings is 1. The topological polar surface area (TPSA) is 55.5 Å². The van der Waals surface area contributed by atoms with Crippen molar-refractivity contribution in [3.8, 4) is 5.75 Å². The minimum Gasteiger partial charge on any atom is -0.493 e. The molecule has 1 fully saturated rings. The zero-order valence-corrected chi connectivity index (χ0v) is 12.3. The highest BCUT2D eigenvalue weighted by Gasteiger charge is 2.53. The molecule has 3 rings (SSSR count). The van der Waals surface area contributed by atoms with Crippen molar-refractivity contribution in [3.63, 3.8) is 0 Å². The van der Waals surface area contributed by atoms with Crippen LogP contribution < -0.4 is 10.5 Å². The Bertz CT molecular complexity index is 480. The Balaban J connectivity index is 2.04. The maximum absolute atomic E-state index is 11.4. The number of aliphatic hydroxyl groups is 1. The molecule has 0 amide bonds. The van der Waals surface area contributed by atoms with E-state index in [0.717, 1.165) is 43.4 Å². The van der Waals surface area contributed by atoms with Gasteiger partial charge in [0, 0.05) is 17.5 Å². The van der Waals surface area contributed by atoms with Crippen molar-refractivity contribution in [1.29, 1.82) is 0 Å². The van der Waals surface area contributed by atoms with E-state index in [2.05, 4.69) is 13.0 Å². The van der Waals surface area contributed by atoms with Crippen LogP contribution in [0.5, 0.6) is 5.75 Å². The molecule has 1 atom stereocenters. The highest BCUT2D eigenvalue weighted by Crippen LogP contribution is 2.51. The van der Waals surface area contributed by atoms with Crippen LogP contribution in [0.1, 0.15) is 44.6 Å². The van der Waals surface area contributed by atoms with Gasteiger partial charge in [-0.15, -0.1) is 0 Å². The standard InChI is InChI=1S/C17H25NO2/c1-13-6-8-17(19,9-7-13)16(12-18)10-11-20-15-5-3-2-4-14(15)16/h2-5,13,19H,6-12,18H2,1H3. The van der Waals surface area contributed by atoms with Gasteiger partial charge >= 0.3 is 0 Å². The third-order valence-electron chi connectivity index (χ3n) is 5.53. The first-order chi connectivity index (χ1) is 9.61. The Morgan fingerprint density at radius 2 is 1.95 bits per heavy atom. The molecule has 0 bridgehead atoms. The summed E-state index contributed by atoms with van der Waals surface area (Å²) in [4.78, 5) is 0. The second-order valence-electron chi connectivity index (χ2n) is 6.59. The van der Waals surface area contributed by atoms with Crippen molar-refractivity contribution in [2.45, 2.75) is 50.0 Å². The number of fused-ring (bicyclic) bond motifs is 1. The summed E-state index contributed by atoms with van der Waals surface area (Å²) < 4.78 is 5.77. The SMILES string of the molecule is CC1CCC(O)(C2(CN)CCOc3ccccc32)CC1. The number of para-hydroxylation sites is 1. The minimum atomic E-state index is -0.686. The molecular formula is C17H25NO2. The van der Waals surface area contributed by atoms with Crippen LogP contribution in [-0.2, 0) is 5.41 Å². The third kappa shape index (κ3) is 1.95. The van der Waals surface area contributed by atoms with Crippen LogP contribution in [-0.4, -0.2) is 23.9 Å². The lowest BCUT2D eigenvalue weighted by Crippen LogP contribution is -2.59. The van der Waals surface area contributed by atoms with Gasteiger partial charge in [0.2, 0.25) is 0 Å². The Morgan fingerprint density at radius 1 is 1.25 bits per heavy atom. The van der Waals surface area contributed by atoms with Crippen molar-refractivity contribution >= 4 is 0 Å². The van der Waals surface area contributed by atoms with E-state index in [9.17, 15) is 5.11 Å². The van der Waals surface area contributed by atoms with Crippen molar-refractivity contribution in [2.75, 3.05) is 13.2 Å². The van der Waals surface area contributed by atoms with Crippen LogP contribution in [0.25, 0.3) is 0 Å². The van der Waals surface area contributed by atoms with E-state index < -0.39 is 5.60 Å². The molecule has 0 radical (unpaired) electrons. The molecular weight excluding hydrogens is 250 g/mol. The number of rotatable bonds is 2. The second kappa shape index (κ2) is 5.05. The molecule has 20 heavy (non-hydrogen) atoms. The fourth-order valence-corrected chi connectivity index (χ4v) is 4.06. The van der Waals surface area contributed by atoms with Gasteiger partial charge in [0.1, 0.15) is 5.75 Å². The predicted octanol–water partition coefficient (Wildman–Crippen LogP) is 2.61. The van der Waals surface area contributed by atoms with Gasteiger partial charge in [0.05, 0.1) is 12.2 Å². The van der Waals surface area contributed by atoms with Gasteiger partial charge in [-0.1, -0.05) is 25.1 Å². The molecule has 3 nitrogen and oxygen atoms in total. The van der Waals surface area contributed by atoms with E-state index in [1.807, 2.05) is 18.2 Å². The van der Waals surface area contributed by atoms with E-state index in [1.54, 1.807) is 0 Å². The van der Waals surface area contributed by atoms with Crippen molar-refractivity contribution in [1.82, 2.24) is 0 Å². The van der Waals surface area contributed by atoms with E-state index in [0.29, 0.717) is 19.1 Å². The third-order valence-corrected chi connectivity index (χ3v) is 5.53. The smallest absolute Gasteiger partial charge is 0.123 e. The van der Waals surface area contributed by atoms with Crippen LogP contribution in [0.15, 0.2) is 24.3 Å². The molecule has 1 aliphatic carbocycles. The molecule has 0 aromatic heterocycles. The second-order valence-corrected chi connectivity index (χ2v) is 6.59. The molecule has 1 unspecified atom stereocenters. The van der Waals surface area contributed by atoms with Crippen molar-refractivity contribution in [2.24, 2.45) is 11.7 Å². The average molecular weight is 275 g/mol. The van der Waals surface area contributed by atoms with Gasteiger partial charge in [-0.05, 0) is 44.1 Å². The van der Waals surface area contributed by atoms with Gasteiger partial charge in [-0.2, -0.15) is 0 Å². The van der Waals surface area contributed by atoms with Crippen LogP contribution in [0.4, 0.5) is 0 Å². The van der Waals surface area contributed by atoms with E-state index in [-0.39, 0.29) is 5.41 Å². The van der Waals surface area contributed by atoms with Crippen molar-refractivity contribution in [3.05, 3.63) is 29.8 Å². The fourth-order valence-electron chi connectivity index (χ4n) is 4.06. The summed E-state index contributed by atoms with van der Waals surface area (Å²) >= 11 is 0. The molecule has 1 aromatic rings. The molecule has 2 aliphatic rings. The van der Waals surface area contributed by atoms with E-state index in [4.69, 9.17) is 10.5 Å². The molecule has 0 saturated heterocycles. The Hall–Kier alpha value is -1.06. The van der Waals surface area contributed by atoms with Crippen LogP contribution >= 0.6 is 0 Å². The quantitative estimate of drug-likeness (QED) is 0.872. The zero-order valence-electron chi connectivity index (χ0n) is 12.3. The van der Waals surface area contributed by atoms with Gasteiger partial charge in [-0.25, -0.2) is 0 Å². The number of hydrogen-bond donors (Lipinski definition) is 2. The molecule has 1 aliphatic heterocycles. The maximum Gasteiger partial charge on any atom is 0.123 e. The Morgan fingerprint density at radius 3 is 2.65 bits per heavy atom. The van der Waals surface area contributed by atoms with Gasteiger partial charge in [-0.3, -0.25) is 0 Å². The Kier molecular flexibility index (Phi) is 3.51. The van der Waals surface area contributed by atoms with Crippen molar-refractivity contribution < 1.29 is 9.84 Å². The Labute approximate surface area is 121 Å². The number of nitrogens with two attached hydrogens (primary N) is 1. The average Bonchev–Trinajstić information content (AvgIpc) is 2.49. The maximum atomic E-state index is 11.4. The molecule has 3 heteroatoms. The lowest BCUT2D eigenvalue weighted by molar-refractivity contribution is -0.0859. The summed E-state index contributed by atoms with van der Waals surface area (Å²) in [6.07, 6.45) is 4.67. The molecule has 1 heterocycles. The summed E-state index contributed by atoms with van der Waals surface area (Å²) in [6, 6.07) is 8.08. The monoisotopic (exact) mass is 275 g/mol. The normalized spacial score (nSPS) is 37.0. The molecule has 3 N–H and O–H groups in total. The number of hydrogen-bond acceptors (Lipinski definition) is 3. The van der Waals surface area contributed by atoms with Gasteiger partial charge in [0.25, 0.3) is 0 Å². The lowest BCUT2D eigenvalue weighted by Gasteiger charge is -2.52. The lowest BCUT2D eigenvalue weighted by atomic mass is 9.58. The highest BCUT2D eigenvalue weighted by atomic mass is 16.5. The fraction of sp³-hybridized carbons (Fsp3) is 0.647. The van der Waals surface area contributed by atoms with E-state index >= 15 is 0 Å². The predicted molar refractivity (Wildman–Crippen MR) is 79.9 cm³/mol. The number of ether oxygens (including phenoxy) is 1.